The number of rotatable bonds is 14. The number of unbranched alkanes of at least 4 members (excludes halogenated alkanes) is 1. The highest BCUT2D eigenvalue weighted by Gasteiger charge is 2.42. The summed E-state index contributed by atoms with van der Waals surface area (Å²) in [6, 6.07) is 0. The lowest BCUT2D eigenvalue weighted by atomic mass is 9.95. The van der Waals surface area contributed by atoms with Gasteiger partial charge in [-0.05, 0) is 25.7 Å². The van der Waals surface area contributed by atoms with E-state index in [1.807, 2.05) is 6.92 Å². The lowest BCUT2D eigenvalue weighted by Crippen LogP contribution is -2.51. The molecule has 0 heterocycles. The minimum atomic E-state index is -1.29. The Balaban J connectivity index is 6.05. The van der Waals surface area contributed by atoms with Crippen LogP contribution in [-0.4, -0.2) is 59.4 Å². The molecule has 0 aromatic heterocycles. The maximum absolute atomic E-state index is 11.8. The molecule has 0 saturated carbocycles. The van der Waals surface area contributed by atoms with Crippen molar-refractivity contribution < 1.29 is 48.0 Å². The van der Waals surface area contributed by atoms with Crippen LogP contribution in [0.5, 0.6) is 0 Å². The maximum Gasteiger partial charge on any atom is 0.303 e. The number of hydrogen-bond donors (Lipinski definition) is 1. The lowest BCUT2D eigenvalue weighted by molar-refractivity contribution is -0.199. The van der Waals surface area contributed by atoms with E-state index < -0.39 is 54.3 Å². The van der Waals surface area contributed by atoms with Gasteiger partial charge in [0.1, 0.15) is 12.2 Å². The third-order valence-electron chi connectivity index (χ3n) is 4.02. The number of carboxylic acid groups (broad SMARTS) is 1. The van der Waals surface area contributed by atoms with E-state index in [1.165, 1.54) is 6.92 Å². The van der Waals surface area contributed by atoms with Gasteiger partial charge in [-0.25, -0.2) is 0 Å². The zero-order valence-electron chi connectivity index (χ0n) is 18.2. The molecule has 0 amide bonds. The van der Waals surface area contributed by atoms with Gasteiger partial charge < -0.3 is 24.1 Å². The molecule has 1 N–H and O–H groups in total. The van der Waals surface area contributed by atoms with E-state index in [2.05, 4.69) is 0 Å². The molecule has 0 unspecified atom stereocenters. The van der Waals surface area contributed by atoms with Crippen LogP contribution >= 0.6 is 0 Å². The Bertz CT molecular complexity index is 600. The molecule has 0 aromatic rings. The van der Waals surface area contributed by atoms with Gasteiger partial charge >= 0.3 is 29.8 Å². The minimum absolute atomic E-state index is 0.0299. The Morgan fingerprint density at radius 3 is 1.33 bits per heavy atom. The monoisotopic (exact) mass is 432 g/mol. The number of hydrogen-bond acceptors (Lipinski definition) is 9. The van der Waals surface area contributed by atoms with E-state index >= 15 is 0 Å². The predicted molar refractivity (Wildman–Crippen MR) is 103 cm³/mol. The Hall–Kier alpha value is -2.65. The first-order valence-electron chi connectivity index (χ1n) is 9.88. The molecule has 0 aliphatic rings. The van der Waals surface area contributed by atoms with Gasteiger partial charge in [0.15, 0.2) is 12.2 Å². The molecule has 10 heteroatoms. The van der Waals surface area contributed by atoms with Crippen LogP contribution in [0.1, 0.15) is 73.1 Å². The molecular formula is C20H32O10. The molecule has 0 aliphatic carbocycles. The van der Waals surface area contributed by atoms with E-state index in [9.17, 15) is 24.0 Å². The van der Waals surface area contributed by atoms with E-state index in [1.54, 1.807) is 0 Å². The van der Waals surface area contributed by atoms with E-state index in [0.29, 0.717) is 12.8 Å². The number of carboxylic acids is 1. The van der Waals surface area contributed by atoms with Crippen molar-refractivity contribution in [1.82, 2.24) is 0 Å². The van der Waals surface area contributed by atoms with Gasteiger partial charge in [-0.2, -0.15) is 0 Å². The quantitative estimate of drug-likeness (QED) is 0.320. The van der Waals surface area contributed by atoms with Crippen molar-refractivity contribution in [2.75, 3.05) is 0 Å². The first-order chi connectivity index (χ1) is 14.0. The molecule has 0 saturated heterocycles. The molecule has 0 radical (unpaired) electrons. The number of carbonyl (C=O) groups is 5. The van der Waals surface area contributed by atoms with E-state index in [-0.39, 0.29) is 19.3 Å². The van der Waals surface area contributed by atoms with Crippen LogP contribution in [-0.2, 0) is 42.9 Å². The molecule has 10 nitrogen and oxygen atoms in total. The summed E-state index contributed by atoms with van der Waals surface area (Å²) >= 11 is 0. The summed E-state index contributed by atoms with van der Waals surface area (Å²) in [4.78, 5) is 57.7. The van der Waals surface area contributed by atoms with Crippen LogP contribution in [0.2, 0.25) is 0 Å². The van der Waals surface area contributed by atoms with Crippen molar-refractivity contribution >= 4 is 29.8 Å². The molecule has 0 rings (SSSR count). The third kappa shape index (κ3) is 12.0. The van der Waals surface area contributed by atoms with Crippen LogP contribution < -0.4 is 0 Å². The Morgan fingerprint density at radius 2 is 1.03 bits per heavy atom. The van der Waals surface area contributed by atoms with E-state index in [0.717, 1.165) is 27.2 Å². The average Bonchev–Trinajstić information content (AvgIpc) is 2.59. The highest BCUT2D eigenvalue weighted by atomic mass is 16.6. The molecule has 30 heavy (non-hydrogen) atoms. The molecule has 0 bridgehead atoms. The van der Waals surface area contributed by atoms with Crippen molar-refractivity contribution in [2.24, 2.45) is 0 Å². The van der Waals surface area contributed by atoms with Gasteiger partial charge in [-0.1, -0.05) is 13.3 Å². The van der Waals surface area contributed by atoms with Crippen molar-refractivity contribution in [3.63, 3.8) is 0 Å². The van der Waals surface area contributed by atoms with Gasteiger partial charge in [0.05, 0.1) is 0 Å². The first kappa shape index (κ1) is 27.4. The Morgan fingerprint density at radius 1 is 0.667 bits per heavy atom. The summed E-state index contributed by atoms with van der Waals surface area (Å²) in [7, 11) is 0. The smallest absolute Gasteiger partial charge is 0.303 e. The third-order valence-corrected chi connectivity index (χ3v) is 4.02. The second kappa shape index (κ2) is 14.4. The lowest BCUT2D eigenvalue weighted by Gasteiger charge is -2.35. The van der Waals surface area contributed by atoms with E-state index in [4.69, 9.17) is 24.1 Å². The average molecular weight is 432 g/mol. The highest BCUT2D eigenvalue weighted by Crippen LogP contribution is 2.25. The van der Waals surface area contributed by atoms with Gasteiger partial charge in [-0.3, -0.25) is 24.0 Å². The summed E-state index contributed by atoms with van der Waals surface area (Å²) in [6.45, 7) is 6.54. The summed E-state index contributed by atoms with van der Waals surface area (Å²) in [6.07, 6.45) is -2.94. The summed E-state index contributed by atoms with van der Waals surface area (Å²) < 4.78 is 21.3. The molecule has 0 spiro atoms. The van der Waals surface area contributed by atoms with Crippen LogP contribution in [0, 0.1) is 0 Å². The number of esters is 4. The van der Waals surface area contributed by atoms with Crippen molar-refractivity contribution in [3.8, 4) is 0 Å². The second-order valence-electron chi connectivity index (χ2n) is 6.87. The molecule has 0 aliphatic heterocycles. The van der Waals surface area contributed by atoms with Gasteiger partial charge in [0, 0.05) is 34.1 Å². The minimum Gasteiger partial charge on any atom is -0.481 e. The number of carbonyl (C=O) groups excluding carboxylic acids is 4. The first-order valence-corrected chi connectivity index (χ1v) is 9.88. The second-order valence-corrected chi connectivity index (χ2v) is 6.87. The van der Waals surface area contributed by atoms with Crippen molar-refractivity contribution in [1.29, 1.82) is 0 Å². The maximum atomic E-state index is 11.8. The van der Waals surface area contributed by atoms with Gasteiger partial charge in [-0.15, -0.1) is 0 Å². The van der Waals surface area contributed by atoms with Crippen molar-refractivity contribution in [2.45, 2.75) is 97.6 Å². The van der Waals surface area contributed by atoms with Crippen LogP contribution in [0.4, 0.5) is 0 Å². The fraction of sp³-hybridized carbons (Fsp3) is 0.750. The van der Waals surface area contributed by atoms with Crippen LogP contribution in [0.25, 0.3) is 0 Å². The SMILES string of the molecule is CCCC[C@H](OC(C)=O)[C@@H](OC(C)=O)[C@H](OC(C)=O)[C@@H](CCCC(=O)O)OC(C)=O. The van der Waals surface area contributed by atoms with Gasteiger partial charge in [0.2, 0.25) is 0 Å². The van der Waals surface area contributed by atoms with Gasteiger partial charge in [0.25, 0.3) is 0 Å². The molecule has 172 valence electrons. The number of ether oxygens (including phenoxy) is 4. The molecule has 4 atom stereocenters. The Kier molecular flexibility index (Phi) is 13.1. The largest absolute Gasteiger partial charge is 0.481 e. The van der Waals surface area contributed by atoms with Crippen LogP contribution in [0.3, 0.4) is 0 Å². The zero-order valence-corrected chi connectivity index (χ0v) is 18.2. The summed E-state index contributed by atoms with van der Waals surface area (Å²) in [5.74, 6) is -3.79. The predicted octanol–water partition coefficient (Wildman–Crippen LogP) is 2.16. The molecular weight excluding hydrogens is 400 g/mol. The molecule has 0 fully saturated rings. The standard InChI is InChI=1S/C20H32O10/c1-6-7-9-16(27-12(2)21)19(29-14(4)23)20(30-15(5)24)17(28-13(3)22)10-8-11-18(25)26/h16-17,19-20H,6-11H2,1-5H3,(H,25,26)/t16-,17+,19+,20+/m0/s1. The fourth-order valence-corrected chi connectivity index (χ4v) is 2.96. The van der Waals surface area contributed by atoms with Crippen molar-refractivity contribution in [3.05, 3.63) is 0 Å². The highest BCUT2D eigenvalue weighted by molar-refractivity contribution is 5.69. The normalized spacial score (nSPS) is 14.6. The molecule has 0 aromatic carbocycles. The number of aliphatic carboxylic acids is 1. The summed E-state index contributed by atoms with van der Waals surface area (Å²) in [5, 5.41) is 8.88. The van der Waals surface area contributed by atoms with Crippen LogP contribution in [0.15, 0.2) is 0 Å². The topological polar surface area (TPSA) is 142 Å². The fourth-order valence-electron chi connectivity index (χ4n) is 2.96. The Labute approximate surface area is 176 Å². The zero-order chi connectivity index (χ0) is 23.3. The summed E-state index contributed by atoms with van der Waals surface area (Å²) in [5.41, 5.74) is 0.